The van der Waals surface area contributed by atoms with Gasteiger partial charge < -0.3 is 15.6 Å². The number of nitroso groups, excluding NO2 is 1. The van der Waals surface area contributed by atoms with Crippen LogP contribution < -0.4 is 5.73 Å². The van der Waals surface area contributed by atoms with Gasteiger partial charge in [-0.05, 0) is 70.4 Å². The minimum absolute atomic E-state index is 0.162. The lowest BCUT2D eigenvalue weighted by Crippen LogP contribution is -2.31. The second-order valence-electron chi connectivity index (χ2n) is 8.76. The maximum atomic E-state index is 13.8. The zero-order valence-corrected chi connectivity index (χ0v) is 19.7. The monoisotopic (exact) mass is 493 g/mol. The van der Waals surface area contributed by atoms with E-state index in [0.29, 0.717) is 34.2 Å². The molecular formula is C28H20ClN5O2. The number of rotatable bonds is 5. The number of halogens is 1. The molecule has 1 aromatic heterocycles. The number of carbonyl (C=O) groups excluding carboxylic acids is 1. The Hall–Kier alpha value is -4.49. The number of nitrogens with zero attached hydrogens (tertiary/aromatic N) is 3. The summed E-state index contributed by atoms with van der Waals surface area (Å²) in [4.78, 5) is 35.4. The molecular weight excluding hydrogens is 474 g/mol. The minimum atomic E-state index is -0.691. The lowest BCUT2D eigenvalue weighted by atomic mass is 10.0. The Kier molecular flexibility index (Phi) is 5.27. The lowest BCUT2D eigenvalue weighted by Gasteiger charge is -2.27. The Labute approximate surface area is 211 Å². The number of benzene rings is 4. The van der Waals surface area contributed by atoms with Crippen molar-refractivity contribution in [3.05, 3.63) is 117 Å². The Balaban J connectivity index is 1.47. The number of nitrogens with one attached hydrogen (secondary N) is 1. The van der Waals surface area contributed by atoms with Crippen LogP contribution in [0.25, 0.3) is 22.2 Å². The molecule has 0 radical (unpaired) electrons. The van der Waals surface area contributed by atoms with Crippen LogP contribution >= 0.6 is 11.6 Å². The van der Waals surface area contributed by atoms with Gasteiger partial charge in [-0.15, -0.1) is 4.91 Å². The van der Waals surface area contributed by atoms with Gasteiger partial charge in [0, 0.05) is 28.4 Å². The highest BCUT2D eigenvalue weighted by Gasteiger charge is 2.37. The maximum Gasteiger partial charge on any atom is 0.255 e. The smallest absolute Gasteiger partial charge is 0.255 e. The number of imidazole rings is 1. The van der Waals surface area contributed by atoms with Crippen LogP contribution in [0, 0.1) is 4.91 Å². The molecule has 1 atom stereocenters. The van der Waals surface area contributed by atoms with Crippen LogP contribution in [-0.2, 0) is 6.54 Å². The number of carbonyl (C=O) groups is 1. The Bertz CT molecular complexity index is 1610. The van der Waals surface area contributed by atoms with Gasteiger partial charge in [-0.25, -0.2) is 4.98 Å². The molecule has 0 aliphatic carbocycles. The molecule has 1 unspecified atom stereocenters. The van der Waals surface area contributed by atoms with E-state index in [1.165, 1.54) is 0 Å². The second kappa shape index (κ2) is 8.62. The van der Waals surface area contributed by atoms with Crippen LogP contribution in [0.4, 0.5) is 11.4 Å². The molecule has 2 heterocycles. The molecule has 0 fully saturated rings. The first-order chi connectivity index (χ1) is 17.5. The standard InChI is InChI=1S/C28H20ClN5O2/c29-19-9-12-23(33-36)22(14-19)26(27-31-24-3-1-2-4-25(24)32-27)34-15-18-6-5-17(13-21(18)28(34)35)16-7-10-20(30)11-8-16/h1-14,26H,15,30H2,(H,31,32). The van der Waals surface area contributed by atoms with Crippen molar-refractivity contribution in [1.82, 2.24) is 14.9 Å². The molecule has 176 valence electrons. The van der Waals surface area contributed by atoms with Crippen LogP contribution in [0.3, 0.4) is 0 Å². The molecule has 0 bridgehead atoms. The molecule has 36 heavy (non-hydrogen) atoms. The van der Waals surface area contributed by atoms with E-state index in [0.717, 1.165) is 27.7 Å². The molecule has 5 aromatic rings. The van der Waals surface area contributed by atoms with Gasteiger partial charge in [0.05, 0.1) is 11.0 Å². The summed E-state index contributed by atoms with van der Waals surface area (Å²) in [5.74, 6) is 0.368. The summed E-state index contributed by atoms with van der Waals surface area (Å²) in [5.41, 5.74) is 12.2. The number of nitrogen functional groups attached to an aromatic ring is 1. The number of fused-ring (bicyclic) bond motifs is 2. The molecule has 4 aromatic carbocycles. The predicted octanol–water partition coefficient (Wildman–Crippen LogP) is 6.61. The molecule has 0 spiro atoms. The first-order valence-corrected chi connectivity index (χ1v) is 11.8. The average molecular weight is 494 g/mol. The summed E-state index contributed by atoms with van der Waals surface area (Å²) in [7, 11) is 0. The van der Waals surface area contributed by atoms with Gasteiger partial charge in [0.1, 0.15) is 17.6 Å². The lowest BCUT2D eigenvalue weighted by molar-refractivity contribution is 0.0726. The largest absolute Gasteiger partial charge is 0.399 e. The number of nitrogens with two attached hydrogens (primary N) is 1. The van der Waals surface area contributed by atoms with Crippen LogP contribution in [0.15, 0.2) is 90.1 Å². The Morgan fingerprint density at radius 2 is 1.75 bits per heavy atom. The molecule has 1 aliphatic rings. The van der Waals surface area contributed by atoms with E-state index >= 15 is 0 Å². The number of amides is 1. The quantitative estimate of drug-likeness (QED) is 0.212. The normalized spacial score (nSPS) is 13.7. The summed E-state index contributed by atoms with van der Waals surface area (Å²) in [6.07, 6.45) is 0. The van der Waals surface area contributed by atoms with Gasteiger partial charge in [-0.2, -0.15) is 0 Å². The summed E-state index contributed by atoms with van der Waals surface area (Å²) in [6, 6.07) is 25.2. The van der Waals surface area contributed by atoms with Gasteiger partial charge in [0.2, 0.25) is 0 Å². The highest BCUT2D eigenvalue weighted by molar-refractivity contribution is 6.30. The van der Waals surface area contributed by atoms with E-state index in [4.69, 9.17) is 22.3 Å². The van der Waals surface area contributed by atoms with Crippen molar-refractivity contribution in [2.24, 2.45) is 5.18 Å². The number of hydrogen-bond acceptors (Lipinski definition) is 5. The fourth-order valence-electron chi connectivity index (χ4n) is 4.78. The number of hydrogen-bond donors (Lipinski definition) is 2. The van der Waals surface area contributed by atoms with Gasteiger partial charge >= 0.3 is 0 Å². The first kappa shape index (κ1) is 22.0. The average Bonchev–Trinajstić information content (AvgIpc) is 3.46. The zero-order chi connectivity index (χ0) is 24.8. The topological polar surface area (TPSA) is 104 Å². The number of para-hydroxylation sites is 2. The van der Waals surface area contributed by atoms with Crippen LogP contribution in [-0.4, -0.2) is 20.8 Å². The van der Waals surface area contributed by atoms with Crippen molar-refractivity contribution in [2.45, 2.75) is 12.6 Å². The van der Waals surface area contributed by atoms with Crippen LogP contribution in [0.2, 0.25) is 5.02 Å². The summed E-state index contributed by atoms with van der Waals surface area (Å²) >= 11 is 6.33. The fourth-order valence-corrected chi connectivity index (χ4v) is 4.96. The molecule has 0 saturated carbocycles. The van der Waals surface area contributed by atoms with Gasteiger partial charge in [0.25, 0.3) is 5.91 Å². The second-order valence-corrected chi connectivity index (χ2v) is 9.20. The summed E-state index contributed by atoms with van der Waals surface area (Å²) < 4.78 is 0. The molecule has 7 nitrogen and oxygen atoms in total. The third kappa shape index (κ3) is 3.70. The number of anilines is 1. The van der Waals surface area contributed by atoms with E-state index < -0.39 is 6.04 Å². The van der Waals surface area contributed by atoms with E-state index in [1.54, 1.807) is 23.1 Å². The van der Waals surface area contributed by atoms with Crippen LogP contribution in [0.5, 0.6) is 0 Å². The number of aromatic nitrogens is 2. The number of aromatic amines is 1. The third-order valence-corrected chi connectivity index (χ3v) is 6.78. The molecule has 1 amide bonds. The van der Waals surface area contributed by atoms with Gasteiger partial charge in [-0.3, -0.25) is 4.79 Å². The van der Waals surface area contributed by atoms with Crippen molar-refractivity contribution < 1.29 is 4.79 Å². The van der Waals surface area contributed by atoms with Crippen molar-refractivity contribution in [2.75, 3.05) is 5.73 Å². The van der Waals surface area contributed by atoms with E-state index in [1.807, 2.05) is 66.7 Å². The van der Waals surface area contributed by atoms with Gasteiger partial charge in [0.15, 0.2) is 0 Å². The Morgan fingerprint density at radius 1 is 0.972 bits per heavy atom. The maximum absolute atomic E-state index is 13.8. The summed E-state index contributed by atoms with van der Waals surface area (Å²) in [6.45, 7) is 0.350. The van der Waals surface area contributed by atoms with Crippen molar-refractivity contribution in [3.8, 4) is 11.1 Å². The zero-order valence-electron chi connectivity index (χ0n) is 19.0. The highest BCUT2D eigenvalue weighted by Crippen LogP contribution is 2.41. The molecule has 8 heteroatoms. The number of H-pyrrole nitrogens is 1. The summed E-state index contributed by atoms with van der Waals surface area (Å²) in [5, 5.41) is 3.66. The molecule has 3 N–H and O–H groups in total. The van der Waals surface area contributed by atoms with Crippen molar-refractivity contribution in [1.29, 1.82) is 0 Å². The van der Waals surface area contributed by atoms with E-state index in [9.17, 15) is 9.70 Å². The first-order valence-electron chi connectivity index (χ1n) is 11.4. The predicted molar refractivity (Wildman–Crippen MR) is 141 cm³/mol. The SMILES string of the molecule is Nc1ccc(-c2ccc3c(c2)C(=O)N(C(c2nc4ccccc4[nH]2)c2cc(Cl)ccc2N=O)C3)cc1. The highest BCUT2D eigenvalue weighted by atomic mass is 35.5. The van der Waals surface area contributed by atoms with E-state index in [2.05, 4.69) is 10.2 Å². The molecule has 6 rings (SSSR count). The Morgan fingerprint density at radius 3 is 2.53 bits per heavy atom. The van der Waals surface area contributed by atoms with Crippen molar-refractivity contribution in [3.63, 3.8) is 0 Å². The van der Waals surface area contributed by atoms with Crippen molar-refractivity contribution >= 4 is 39.9 Å². The minimum Gasteiger partial charge on any atom is -0.399 e. The van der Waals surface area contributed by atoms with E-state index in [-0.39, 0.29) is 11.6 Å². The third-order valence-electron chi connectivity index (χ3n) is 6.55. The molecule has 1 aliphatic heterocycles. The van der Waals surface area contributed by atoms with Gasteiger partial charge in [-0.1, -0.05) is 48.0 Å². The fraction of sp³-hybridized carbons (Fsp3) is 0.0714. The van der Waals surface area contributed by atoms with Crippen LogP contribution in [0.1, 0.15) is 33.4 Å². The molecule has 0 saturated heterocycles.